The first kappa shape index (κ1) is 19.4. The molecule has 2 N–H and O–H groups in total. The third-order valence-corrected chi connectivity index (χ3v) is 6.56. The lowest BCUT2D eigenvalue weighted by Crippen LogP contribution is -2.47. The number of hydrogen-bond acceptors (Lipinski definition) is 4. The number of fused-ring (bicyclic) bond motifs is 4. The van der Waals surface area contributed by atoms with Crippen LogP contribution in [-0.4, -0.2) is 46.2 Å². The zero-order chi connectivity index (χ0) is 19.8. The Labute approximate surface area is 166 Å². The van der Waals surface area contributed by atoms with E-state index >= 15 is 0 Å². The van der Waals surface area contributed by atoms with Gasteiger partial charge in [0.15, 0.2) is 0 Å². The van der Waals surface area contributed by atoms with Crippen LogP contribution in [0.3, 0.4) is 0 Å². The highest BCUT2D eigenvalue weighted by Gasteiger charge is 2.56. The van der Waals surface area contributed by atoms with Gasteiger partial charge in [-0.25, -0.2) is 0 Å². The lowest BCUT2D eigenvalue weighted by Gasteiger charge is -2.38. The summed E-state index contributed by atoms with van der Waals surface area (Å²) in [6, 6.07) is 3.77. The third-order valence-electron chi connectivity index (χ3n) is 6.56. The maximum Gasteiger partial charge on any atom is 0.258 e. The predicted octanol–water partition coefficient (Wildman–Crippen LogP) is 1.78. The summed E-state index contributed by atoms with van der Waals surface area (Å²) in [5, 5.41) is 13.2. The molecule has 152 valence electrons. The van der Waals surface area contributed by atoms with Gasteiger partial charge in [0.2, 0.25) is 5.91 Å². The van der Waals surface area contributed by atoms with Gasteiger partial charge in [0.25, 0.3) is 5.56 Å². The summed E-state index contributed by atoms with van der Waals surface area (Å²) in [6.07, 6.45) is 7.06. The lowest BCUT2D eigenvalue weighted by atomic mass is 9.86. The van der Waals surface area contributed by atoms with E-state index in [9.17, 15) is 14.7 Å². The van der Waals surface area contributed by atoms with E-state index in [0.717, 1.165) is 18.7 Å². The number of hydrogen-bond donors (Lipinski definition) is 2. The minimum Gasteiger partial charge on any atom is -0.396 e. The van der Waals surface area contributed by atoms with Crippen molar-refractivity contribution in [3.05, 3.63) is 39.8 Å². The maximum atomic E-state index is 13.1. The summed E-state index contributed by atoms with van der Waals surface area (Å²) in [6.45, 7) is 6.05. The minimum absolute atomic E-state index is 0.00276. The summed E-state index contributed by atoms with van der Waals surface area (Å²) < 4.78 is 1.85. The van der Waals surface area contributed by atoms with Gasteiger partial charge >= 0.3 is 0 Å². The van der Waals surface area contributed by atoms with Crippen molar-refractivity contribution in [2.75, 3.05) is 19.7 Å². The Morgan fingerprint density at radius 3 is 2.79 bits per heavy atom. The molecule has 0 spiro atoms. The van der Waals surface area contributed by atoms with E-state index in [-0.39, 0.29) is 42.0 Å². The molecule has 1 saturated heterocycles. The van der Waals surface area contributed by atoms with Crippen LogP contribution in [0.15, 0.2) is 23.0 Å². The number of allylic oxidation sites excluding steroid dienone is 1. The van der Waals surface area contributed by atoms with Crippen molar-refractivity contribution < 1.29 is 9.90 Å². The van der Waals surface area contributed by atoms with Gasteiger partial charge in [0.1, 0.15) is 0 Å². The first-order valence-electron chi connectivity index (χ1n) is 10.6. The monoisotopic (exact) mass is 385 g/mol. The summed E-state index contributed by atoms with van der Waals surface area (Å²) in [5.74, 6) is 0.223. The van der Waals surface area contributed by atoms with Crippen LogP contribution < -0.4 is 10.9 Å². The van der Waals surface area contributed by atoms with Crippen molar-refractivity contribution in [2.24, 2.45) is 17.8 Å². The smallest absolute Gasteiger partial charge is 0.258 e. The molecular weight excluding hydrogens is 354 g/mol. The molecule has 2 bridgehead atoms. The molecule has 1 saturated carbocycles. The topological polar surface area (TPSA) is 74.6 Å². The maximum absolute atomic E-state index is 13.1. The molecular formula is C22H31N3O3. The second-order valence-corrected chi connectivity index (χ2v) is 8.44. The van der Waals surface area contributed by atoms with Crippen LogP contribution in [0.5, 0.6) is 0 Å². The second-order valence-electron chi connectivity index (χ2n) is 8.44. The van der Waals surface area contributed by atoms with Crippen molar-refractivity contribution in [2.45, 2.75) is 51.7 Å². The number of aliphatic hydroxyl groups is 1. The fraction of sp³-hybridized carbons (Fsp3) is 0.636. The number of amides is 1. The number of nitrogens with one attached hydrogen (secondary N) is 1. The van der Waals surface area contributed by atoms with Gasteiger partial charge < -0.3 is 15.0 Å². The highest BCUT2D eigenvalue weighted by molar-refractivity contribution is 5.80. The van der Waals surface area contributed by atoms with Gasteiger partial charge in [-0.2, -0.15) is 0 Å². The summed E-state index contributed by atoms with van der Waals surface area (Å²) in [7, 11) is 0. The van der Waals surface area contributed by atoms with Crippen molar-refractivity contribution in [1.82, 2.24) is 14.8 Å². The summed E-state index contributed by atoms with van der Waals surface area (Å²) >= 11 is 0. The Bertz CT molecular complexity index is 827. The summed E-state index contributed by atoms with van der Waals surface area (Å²) in [5.41, 5.74) is 1.60. The molecule has 1 amide bonds. The molecule has 0 aromatic carbocycles. The van der Waals surface area contributed by atoms with Crippen molar-refractivity contribution in [1.29, 1.82) is 0 Å². The van der Waals surface area contributed by atoms with Crippen molar-refractivity contribution >= 4 is 12.0 Å². The Kier molecular flexibility index (Phi) is 5.43. The Hall–Kier alpha value is -1.92. The number of nitrogens with zero attached hydrogens (tertiary/aromatic N) is 2. The van der Waals surface area contributed by atoms with Crippen LogP contribution in [0, 0.1) is 17.8 Å². The van der Waals surface area contributed by atoms with E-state index in [2.05, 4.69) is 10.2 Å². The van der Waals surface area contributed by atoms with Crippen molar-refractivity contribution in [3.63, 3.8) is 0 Å². The van der Waals surface area contributed by atoms with Gasteiger partial charge in [-0.05, 0) is 44.2 Å². The lowest BCUT2D eigenvalue weighted by molar-refractivity contribution is -0.127. The zero-order valence-electron chi connectivity index (χ0n) is 16.8. The first-order chi connectivity index (χ1) is 13.6. The van der Waals surface area contributed by atoms with Crippen LogP contribution in [0.4, 0.5) is 0 Å². The molecule has 2 aliphatic heterocycles. The largest absolute Gasteiger partial charge is 0.396 e. The minimum atomic E-state index is -0.319. The third kappa shape index (κ3) is 3.22. The fourth-order valence-corrected chi connectivity index (χ4v) is 5.06. The SMILES string of the molecule is C/C=C/c1ccc2n(c1=O)C[C@@H]1[C@@H](CO)[C@H](C(=O)NCCC)[C@H]2N1CC1CC1. The molecule has 1 aromatic rings. The van der Waals surface area contributed by atoms with E-state index in [1.54, 1.807) is 0 Å². The average Bonchev–Trinajstić information content (AvgIpc) is 3.47. The molecule has 6 nitrogen and oxygen atoms in total. The second kappa shape index (κ2) is 7.84. The van der Waals surface area contributed by atoms with Gasteiger partial charge in [-0.15, -0.1) is 0 Å². The van der Waals surface area contributed by atoms with E-state index < -0.39 is 0 Å². The molecule has 6 heteroatoms. The quantitative estimate of drug-likeness (QED) is 0.750. The molecule has 0 radical (unpaired) electrons. The van der Waals surface area contributed by atoms with Crippen LogP contribution in [0.2, 0.25) is 0 Å². The number of aromatic nitrogens is 1. The number of carbonyl (C=O) groups is 1. The van der Waals surface area contributed by atoms with Gasteiger partial charge in [0, 0.05) is 49.5 Å². The Morgan fingerprint density at radius 2 is 2.14 bits per heavy atom. The van der Waals surface area contributed by atoms with E-state index in [1.165, 1.54) is 12.8 Å². The average molecular weight is 386 g/mol. The predicted molar refractivity (Wildman–Crippen MR) is 109 cm³/mol. The Balaban J connectivity index is 1.78. The van der Waals surface area contributed by atoms with E-state index in [0.29, 0.717) is 24.6 Å². The van der Waals surface area contributed by atoms with E-state index in [1.807, 2.05) is 42.7 Å². The summed E-state index contributed by atoms with van der Waals surface area (Å²) in [4.78, 5) is 28.5. The molecule has 1 aromatic heterocycles. The molecule has 3 aliphatic rings. The van der Waals surface area contributed by atoms with Crippen LogP contribution in [0.1, 0.15) is 50.4 Å². The highest BCUT2D eigenvalue weighted by Crippen LogP contribution is 2.49. The number of pyridine rings is 1. The molecule has 3 heterocycles. The zero-order valence-corrected chi connectivity index (χ0v) is 16.8. The van der Waals surface area contributed by atoms with Gasteiger partial charge in [-0.1, -0.05) is 19.1 Å². The van der Waals surface area contributed by atoms with E-state index in [4.69, 9.17) is 0 Å². The first-order valence-corrected chi connectivity index (χ1v) is 10.6. The van der Waals surface area contributed by atoms with Gasteiger partial charge in [-0.3, -0.25) is 14.5 Å². The normalized spacial score (nSPS) is 29.2. The molecule has 2 fully saturated rings. The number of aliphatic hydroxyl groups excluding tert-OH is 1. The molecule has 1 aliphatic carbocycles. The van der Waals surface area contributed by atoms with Gasteiger partial charge in [0.05, 0.1) is 12.0 Å². The Morgan fingerprint density at radius 1 is 1.36 bits per heavy atom. The molecule has 0 unspecified atom stereocenters. The number of rotatable bonds is 7. The standard InChI is InChI=1S/C22H31N3O3/c1-3-5-15-8-9-17-20-19(21(27)23-10-4-2)16(13-26)18(12-25(17)22(15)28)24(20)11-14-6-7-14/h3,5,8-9,14,16,18-20,26H,4,6-7,10-13H2,1-2H3,(H,23,27)/b5-3+/t16-,18-,19+,20+/m1/s1. The van der Waals surface area contributed by atoms with Crippen LogP contribution in [-0.2, 0) is 11.3 Å². The number of carbonyl (C=O) groups excluding carboxylic acids is 1. The molecule has 4 atom stereocenters. The van der Waals surface area contributed by atoms with Crippen LogP contribution in [0.25, 0.3) is 6.08 Å². The highest BCUT2D eigenvalue weighted by atomic mass is 16.3. The van der Waals surface area contributed by atoms with Crippen LogP contribution >= 0.6 is 0 Å². The molecule has 4 rings (SSSR count). The fourth-order valence-electron chi connectivity index (χ4n) is 5.06. The molecule has 28 heavy (non-hydrogen) atoms. The van der Waals surface area contributed by atoms with Crippen molar-refractivity contribution in [3.8, 4) is 0 Å².